The lowest BCUT2D eigenvalue weighted by molar-refractivity contribution is 0.472. The van der Waals surface area contributed by atoms with E-state index < -0.39 is 0 Å². The van der Waals surface area contributed by atoms with Crippen LogP contribution in [0.1, 0.15) is 48.3 Å². The molecule has 2 heteroatoms. The van der Waals surface area contributed by atoms with Gasteiger partial charge in [-0.3, -0.25) is 0 Å². The molecule has 0 heterocycles. The van der Waals surface area contributed by atoms with Crippen LogP contribution in [0.25, 0.3) is 0 Å². The quantitative estimate of drug-likeness (QED) is 0.870. The molecular weight excluding hydrogens is 248 g/mol. The highest BCUT2D eigenvalue weighted by molar-refractivity contribution is 5.43. The molecule has 2 N–H and O–H groups in total. The van der Waals surface area contributed by atoms with Crippen molar-refractivity contribution in [3.05, 3.63) is 59.2 Å². The number of rotatable bonds is 3. The fraction of sp³-hybridized carbons (Fsp3) is 0.333. The van der Waals surface area contributed by atoms with E-state index in [4.69, 9.17) is 0 Å². The Morgan fingerprint density at radius 3 is 2.45 bits per heavy atom. The van der Waals surface area contributed by atoms with Crippen LogP contribution in [0.15, 0.2) is 42.5 Å². The Bertz CT molecular complexity index is 601. The van der Waals surface area contributed by atoms with Gasteiger partial charge < -0.3 is 10.2 Å². The molecule has 2 aromatic carbocycles. The maximum Gasteiger partial charge on any atom is 0.115 e. The van der Waals surface area contributed by atoms with E-state index in [2.05, 4.69) is 13.0 Å². The number of aromatic hydroxyl groups is 2. The third kappa shape index (κ3) is 2.26. The Morgan fingerprint density at radius 2 is 1.75 bits per heavy atom. The van der Waals surface area contributed by atoms with Gasteiger partial charge in [0.15, 0.2) is 0 Å². The Hall–Kier alpha value is -1.96. The molecule has 0 radical (unpaired) electrons. The van der Waals surface area contributed by atoms with Crippen LogP contribution in [-0.2, 0) is 6.42 Å². The average molecular weight is 268 g/mol. The van der Waals surface area contributed by atoms with Crippen molar-refractivity contribution in [1.82, 2.24) is 0 Å². The number of phenolic OH excluding ortho intramolecular Hbond substituents is 2. The number of aryl methyl sites for hydroxylation is 1. The summed E-state index contributed by atoms with van der Waals surface area (Å²) in [6.45, 7) is 2.22. The summed E-state index contributed by atoms with van der Waals surface area (Å²) in [5.41, 5.74) is 3.95. The lowest BCUT2D eigenvalue weighted by Gasteiger charge is -2.24. The largest absolute Gasteiger partial charge is 0.508 e. The average Bonchev–Trinajstić information content (AvgIpc) is 2.85. The Balaban J connectivity index is 1.94. The fourth-order valence-electron chi connectivity index (χ4n) is 3.53. The first-order valence-electron chi connectivity index (χ1n) is 7.29. The highest BCUT2D eigenvalue weighted by Gasteiger charge is 2.29. The third-order valence-electron chi connectivity index (χ3n) is 4.50. The zero-order valence-electron chi connectivity index (χ0n) is 11.7. The van der Waals surface area contributed by atoms with E-state index in [9.17, 15) is 10.2 Å². The van der Waals surface area contributed by atoms with E-state index in [1.54, 1.807) is 18.2 Å². The van der Waals surface area contributed by atoms with Crippen molar-refractivity contribution < 1.29 is 10.2 Å². The zero-order chi connectivity index (χ0) is 14.1. The van der Waals surface area contributed by atoms with Crippen LogP contribution in [-0.4, -0.2) is 10.2 Å². The molecule has 2 unspecified atom stereocenters. The van der Waals surface area contributed by atoms with Crippen LogP contribution in [0.3, 0.4) is 0 Å². The molecule has 0 spiro atoms. The number of phenols is 2. The molecule has 0 aromatic heterocycles. The van der Waals surface area contributed by atoms with E-state index in [1.165, 1.54) is 16.7 Å². The minimum Gasteiger partial charge on any atom is -0.508 e. The Labute approximate surface area is 119 Å². The molecule has 2 atom stereocenters. The second kappa shape index (κ2) is 5.20. The van der Waals surface area contributed by atoms with Gasteiger partial charge in [-0.2, -0.15) is 0 Å². The summed E-state index contributed by atoms with van der Waals surface area (Å²) in [6.07, 6.45) is 3.26. The van der Waals surface area contributed by atoms with E-state index in [0.717, 1.165) is 19.3 Å². The minimum absolute atomic E-state index is 0.320. The van der Waals surface area contributed by atoms with Crippen LogP contribution >= 0.6 is 0 Å². The van der Waals surface area contributed by atoms with Crippen LogP contribution < -0.4 is 0 Å². The van der Waals surface area contributed by atoms with Gasteiger partial charge >= 0.3 is 0 Å². The maximum atomic E-state index is 9.60. The fourth-order valence-corrected chi connectivity index (χ4v) is 3.53. The third-order valence-corrected chi connectivity index (χ3v) is 4.50. The smallest absolute Gasteiger partial charge is 0.115 e. The normalized spacial score (nSPS) is 18.8. The summed E-state index contributed by atoms with van der Waals surface area (Å²) < 4.78 is 0. The van der Waals surface area contributed by atoms with Crippen molar-refractivity contribution in [2.24, 2.45) is 0 Å². The van der Waals surface area contributed by atoms with E-state index in [0.29, 0.717) is 23.3 Å². The first-order valence-corrected chi connectivity index (χ1v) is 7.29. The van der Waals surface area contributed by atoms with E-state index in [-0.39, 0.29) is 0 Å². The van der Waals surface area contributed by atoms with Gasteiger partial charge in [0.1, 0.15) is 11.5 Å². The molecule has 1 aliphatic rings. The zero-order valence-corrected chi connectivity index (χ0v) is 11.7. The molecule has 1 aliphatic carbocycles. The number of hydrogen-bond donors (Lipinski definition) is 2. The van der Waals surface area contributed by atoms with Gasteiger partial charge in [-0.05, 0) is 72.1 Å². The standard InChI is InChI=1S/C18H20O2/c1-2-16(12-3-6-14(19)7-4-12)18-9-5-13-11-15(20)8-10-17(13)18/h3-4,6-8,10-11,16,18-20H,2,5,9H2,1H3. The summed E-state index contributed by atoms with van der Waals surface area (Å²) in [5, 5.41) is 19.0. The van der Waals surface area contributed by atoms with Crippen LogP contribution in [0.4, 0.5) is 0 Å². The van der Waals surface area contributed by atoms with Gasteiger partial charge in [0, 0.05) is 0 Å². The molecule has 0 bridgehead atoms. The second-order valence-corrected chi connectivity index (χ2v) is 5.63. The topological polar surface area (TPSA) is 40.5 Å². The van der Waals surface area contributed by atoms with E-state index in [1.807, 2.05) is 18.2 Å². The molecular formula is C18H20O2. The summed E-state index contributed by atoms with van der Waals surface area (Å²) in [6, 6.07) is 13.4. The van der Waals surface area contributed by atoms with Crippen LogP contribution in [0.5, 0.6) is 11.5 Å². The van der Waals surface area contributed by atoms with Gasteiger partial charge in [-0.15, -0.1) is 0 Å². The first kappa shape index (κ1) is 13.0. The van der Waals surface area contributed by atoms with Gasteiger partial charge in [-0.1, -0.05) is 25.1 Å². The summed E-state index contributed by atoms with van der Waals surface area (Å²) in [5.74, 6) is 1.67. The number of hydrogen-bond acceptors (Lipinski definition) is 2. The summed E-state index contributed by atoms with van der Waals surface area (Å²) in [4.78, 5) is 0. The number of fused-ring (bicyclic) bond motifs is 1. The molecule has 20 heavy (non-hydrogen) atoms. The Kier molecular flexibility index (Phi) is 3.39. The van der Waals surface area contributed by atoms with Crippen LogP contribution in [0, 0.1) is 0 Å². The number of benzene rings is 2. The summed E-state index contributed by atoms with van der Waals surface area (Å²) in [7, 11) is 0. The molecule has 2 nitrogen and oxygen atoms in total. The lowest BCUT2D eigenvalue weighted by atomic mass is 9.80. The Morgan fingerprint density at radius 1 is 1.05 bits per heavy atom. The van der Waals surface area contributed by atoms with Crippen molar-refractivity contribution in [3.8, 4) is 11.5 Å². The van der Waals surface area contributed by atoms with Crippen molar-refractivity contribution in [2.75, 3.05) is 0 Å². The van der Waals surface area contributed by atoms with E-state index >= 15 is 0 Å². The highest BCUT2D eigenvalue weighted by Crippen LogP contribution is 2.45. The minimum atomic E-state index is 0.320. The molecule has 0 saturated heterocycles. The second-order valence-electron chi connectivity index (χ2n) is 5.63. The van der Waals surface area contributed by atoms with Crippen molar-refractivity contribution in [2.45, 2.75) is 38.0 Å². The van der Waals surface area contributed by atoms with Crippen molar-refractivity contribution >= 4 is 0 Å². The lowest BCUT2D eigenvalue weighted by Crippen LogP contribution is -2.08. The predicted octanol–water partition coefficient (Wildman–Crippen LogP) is 4.32. The maximum absolute atomic E-state index is 9.60. The molecule has 0 amide bonds. The van der Waals surface area contributed by atoms with Gasteiger partial charge in [0.2, 0.25) is 0 Å². The van der Waals surface area contributed by atoms with Crippen LogP contribution in [0.2, 0.25) is 0 Å². The molecule has 3 rings (SSSR count). The molecule has 104 valence electrons. The van der Waals surface area contributed by atoms with Gasteiger partial charge in [0.25, 0.3) is 0 Å². The monoisotopic (exact) mass is 268 g/mol. The van der Waals surface area contributed by atoms with Gasteiger partial charge in [-0.25, -0.2) is 0 Å². The SMILES string of the molecule is CCC(c1ccc(O)cc1)C1CCc2cc(O)ccc21. The molecule has 0 fully saturated rings. The predicted molar refractivity (Wildman–Crippen MR) is 80.3 cm³/mol. The first-order chi connectivity index (χ1) is 9.69. The van der Waals surface area contributed by atoms with Crippen molar-refractivity contribution in [3.63, 3.8) is 0 Å². The molecule has 0 aliphatic heterocycles. The van der Waals surface area contributed by atoms with Gasteiger partial charge in [0.05, 0.1) is 0 Å². The molecule has 0 saturated carbocycles. The summed E-state index contributed by atoms with van der Waals surface area (Å²) >= 11 is 0. The van der Waals surface area contributed by atoms with Crippen molar-refractivity contribution in [1.29, 1.82) is 0 Å². The molecule has 2 aromatic rings. The highest BCUT2D eigenvalue weighted by atomic mass is 16.3.